The number of esters is 1. The summed E-state index contributed by atoms with van der Waals surface area (Å²) in [6, 6.07) is -0.310. The van der Waals surface area contributed by atoms with Gasteiger partial charge in [-0.1, -0.05) is 0 Å². The van der Waals surface area contributed by atoms with Gasteiger partial charge in [0.1, 0.15) is 0 Å². The molecule has 0 N–H and O–H groups in total. The van der Waals surface area contributed by atoms with E-state index in [1.165, 1.54) is 14.2 Å². The van der Waals surface area contributed by atoms with E-state index in [-0.39, 0.29) is 18.6 Å². The van der Waals surface area contributed by atoms with E-state index in [2.05, 4.69) is 4.90 Å². The molecule has 0 atom stereocenters. The first-order valence-electron chi connectivity index (χ1n) is 9.82. The summed E-state index contributed by atoms with van der Waals surface area (Å²) >= 11 is 0. The van der Waals surface area contributed by atoms with Crippen molar-refractivity contribution in [3.05, 3.63) is 0 Å². The van der Waals surface area contributed by atoms with Crippen molar-refractivity contribution in [1.29, 1.82) is 0 Å². The Hall–Kier alpha value is -1.35. The number of amides is 1. The van der Waals surface area contributed by atoms with Crippen LogP contribution in [0.25, 0.3) is 0 Å². The maximum Gasteiger partial charge on any atom is 0.471 e. The molecule has 0 unspecified atom stereocenters. The van der Waals surface area contributed by atoms with Gasteiger partial charge >= 0.3 is 18.1 Å². The monoisotopic (exact) mass is 406 g/mol. The summed E-state index contributed by atoms with van der Waals surface area (Å²) in [6.45, 7) is 2.34. The number of halogens is 3. The lowest BCUT2D eigenvalue weighted by molar-refractivity contribution is -0.188. The zero-order valence-electron chi connectivity index (χ0n) is 16.5. The Morgan fingerprint density at radius 1 is 1.11 bits per heavy atom. The molecule has 28 heavy (non-hydrogen) atoms. The van der Waals surface area contributed by atoms with Crippen LogP contribution >= 0.6 is 0 Å². The number of piperidine rings is 1. The lowest BCUT2D eigenvalue weighted by atomic mass is 9.78. The normalized spacial score (nSPS) is 23.9. The average molecular weight is 406 g/mol. The SMILES string of the molecule is COCC1(CN(C(=O)C(F)(F)F)C2CC2)CCN(CC2(C(=O)OC)CC2)CC1. The summed E-state index contributed by atoms with van der Waals surface area (Å²) in [5.41, 5.74) is -0.904. The van der Waals surface area contributed by atoms with Crippen LogP contribution in [0.4, 0.5) is 13.2 Å². The van der Waals surface area contributed by atoms with Gasteiger partial charge in [-0.25, -0.2) is 0 Å². The topological polar surface area (TPSA) is 59.1 Å². The summed E-state index contributed by atoms with van der Waals surface area (Å²) < 4.78 is 49.4. The molecule has 0 aromatic heterocycles. The van der Waals surface area contributed by atoms with Crippen molar-refractivity contribution < 1.29 is 32.2 Å². The molecule has 3 aliphatic rings. The van der Waals surface area contributed by atoms with E-state index < -0.39 is 22.9 Å². The number of hydrogen-bond donors (Lipinski definition) is 0. The van der Waals surface area contributed by atoms with E-state index in [0.29, 0.717) is 51.9 Å². The van der Waals surface area contributed by atoms with E-state index in [4.69, 9.17) is 9.47 Å². The van der Waals surface area contributed by atoms with Crippen LogP contribution in [-0.2, 0) is 19.1 Å². The summed E-state index contributed by atoms with van der Waals surface area (Å²) in [5.74, 6) is -1.92. The number of likely N-dealkylation sites (tertiary alicyclic amines) is 1. The van der Waals surface area contributed by atoms with Crippen molar-refractivity contribution in [1.82, 2.24) is 9.80 Å². The third-order valence-electron chi connectivity index (χ3n) is 6.36. The molecule has 6 nitrogen and oxygen atoms in total. The first-order chi connectivity index (χ1) is 13.1. The maximum atomic E-state index is 13.0. The smallest absolute Gasteiger partial charge is 0.469 e. The van der Waals surface area contributed by atoms with E-state index in [1.807, 2.05) is 0 Å². The summed E-state index contributed by atoms with van der Waals surface area (Å²) in [6.07, 6.45) is -0.712. The highest BCUT2D eigenvalue weighted by Gasteiger charge is 2.53. The molecule has 0 spiro atoms. The van der Waals surface area contributed by atoms with Gasteiger partial charge in [-0.15, -0.1) is 0 Å². The van der Waals surface area contributed by atoms with Crippen LogP contribution in [0.15, 0.2) is 0 Å². The number of carbonyl (C=O) groups is 2. The maximum absolute atomic E-state index is 13.0. The van der Waals surface area contributed by atoms with Gasteiger partial charge in [0.25, 0.3) is 0 Å². The van der Waals surface area contributed by atoms with E-state index in [1.54, 1.807) is 0 Å². The summed E-state index contributed by atoms with van der Waals surface area (Å²) in [7, 11) is 2.93. The summed E-state index contributed by atoms with van der Waals surface area (Å²) in [5, 5.41) is 0. The van der Waals surface area contributed by atoms with Crippen molar-refractivity contribution in [3.63, 3.8) is 0 Å². The highest BCUT2D eigenvalue weighted by molar-refractivity contribution is 5.82. The Balaban J connectivity index is 1.63. The number of rotatable bonds is 8. The number of alkyl halides is 3. The van der Waals surface area contributed by atoms with Crippen LogP contribution in [0, 0.1) is 10.8 Å². The minimum Gasteiger partial charge on any atom is -0.469 e. The average Bonchev–Trinajstić information content (AvgIpc) is 3.55. The molecular weight excluding hydrogens is 377 g/mol. The Bertz CT molecular complexity index is 594. The van der Waals surface area contributed by atoms with Gasteiger partial charge in [-0.3, -0.25) is 9.59 Å². The van der Waals surface area contributed by atoms with E-state index in [9.17, 15) is 22.8 Å². The van der Waals surface area contributed by atoms with Crippen molar-refractivity contribution in [2.75, 3.05) is 47.0 Å². The second-order valence-electron chi connectivity index (χ2n) is 8.64. The fourth-order valence-corrected chi connectivity index (χ4v) is 4.34. The fraction of sp³-hybridized carbons (Fsp3) is 0.895. The molecule has 1 saturated heterocycles. The molecule has 1 aliphatic heterocycles. The molecule has 160 valence electrons. The van der Waals surface area contributed by atoms with Gasteiger partial charge < -0.3 is 19.3 Å². The zero-order valence-corrected chi connectivity index (χ0v) is 16.5. The van der Waals surface area contributed by atoms with E-state index >= 15 is 0 Å². The standard InChI is InChI=1S/C19H29F3N2O4/c1-27-13-17(11-24(14-3-4-14)15(25)19(20,21)22)7-9-23(10-8-17)12-18(5-6-18)16(26)28-2/h14H,3-13H2,1-2H3. The molecule has 0 bridgehead atoms. The van der Waals surface area contributed by atoms with Gasteiger partial charge in [0.05, 0.1) is 19.1 Å². The predicted octanol–water partition coefficient (Wildman–Crippen LogP) is 2.22. The Morgan fingerprint density at radius 3 is 2.14 bits per heavy atom. The van der Waals surface area contributed by atoms with Crippen LogP contribution in [0.5, 0.6) is 0 Å². The van der Waals surface area contributed by atoms with Crippen LogP contribution in [0.1, 0.15) is 38.5 Å². The van der Waals surface area contributed by atoms with E-state index in [0.717, 1.165) is 17.7 Å². The third-order valence-corrected chi connectivity index (χ3v) is 6.36. The lowest BCUT2D eigenvalue weighted by Crippen LogP contribution is -2.53. The van der Waals surface area contributed by atoms with Crippen LogP contribution < -0.4 is 0 Å². The second-order valence-corrected chi connectivity index (χ2v) is 8.64. The number of methoxy groups -OCH3 is 2. The van der Waals surface area contributed by atoms with Gasteiger partial charge in [0.2, 0.25) is 0 Å². The van der Waals surface area contributed by atoms with Crippen LogP contribution in [0.2, 0.25) is 0 Å². The van der Waals surface area contributed by atoms with Crippen LogP contribution in [0.3, 0.4) is 0 Å². The molecule has 0 aromatic rings. The summed E-state index contributed by atoms with van der Waals surface area (Å²) in [4.78, 5) is 27.1. The van der Waals surface area contributed by atoms with Gasteiger partial charge in [0.15, 0.2) is 0 Å². The van der Waals surface area contributed by atoms with Crippen molar-refractivity contribution in [3.8, 4) is 0 Å². The quantitative estimate of drug-likeness (QED) is 0.579. The highest BCUT2D eigenvalue weighted by atomic mass is 19.4. The van der Waals surface area contributed by atoms with Crippen molar-refractivity contribution >= 4 is 11.9 Å². The predicted molar refractivity (Wildman–Crippen MR) is 94.5 cm³/mol. The fourth-order valence-electron chi connectivity index (χ4n) is 4.34. The molecule has 3 rings (SSSR count). The molecule has 1 amide bonds. The Kier molecular flexibility index (Phi) is 5.96. The minimum absolute atomic E-state index is 0.0693. The highest BCUT2D eigenvalue weighted by Crippen LogP contribution is 2.48. The largest absolute Gasteiger partial charge is 0.471 e. The van der Waals surface area contributed by atoms with Crippen molar-refractivity contribution in [2.45, 2.75) is 50.7 Å². The zero-order chi connectivity index (χ0) is 20.6. The number of hydrogen-bond acceptors (Lipinski definition) is 5. The molecule has 2 aliphatic carbocycles. The minimum atomic E-state index is -4.85. The molecule has 1 heterocycles. The number of ether oxygens (including phenoxy) is 2. The number of nitrogens with zero attached hydrogens (tertiary/aromatic N) is 2. The Labute approximate surface area is 163 Å². The molecule has 9 heteroatoms. The first-order valence-corrected chi connectivity index (χ1v) is 9.82. The molecular formula is C19H29F3N2O4. The molecule has 0 radical (unpaired) electrons. The lowest BCUT2D eigenvalue weighted by Gasteiger charge is -2.44. The number of carbonyl (C=O) groups excluding carboxylic acids is 2. The van der Waals surface area contributed by atoms with Gasteiger partial charge in [0, 0.05) is 31.7 Å². The van der Waals surface area contributed by atoms with Crippen molar-refractivity contribution in [2.24, 2.45) is 10.8 Å². The first kappa shape index (κ1) is 21.4. The van der Waals surface area contributed by atoms with Crippen LogP contribution in [-0.4, -0.2) is 80.9 Å². The molecule has 3 fully saturated rings. The molecule has 0 aromatic carbocycles. The third kappa shape index (κ3) is 4.62. The second kappa shape index (κ2) is 7.82. The van der Waals surface area contributed by atoms with Gasteiger partial charge in [-0.05, 0) is 51.6 Å². The molecule has 2 saturated carbocycles. The Morgan fingerprint density at radius 2 is 1.71 bits per heavy atom. The van der Waals surface area contributed by atoms with Gasteiger partial charge in [-0.2, -0.15) is 13.2 Å².